The minimum Gasteiger partial charge on any atom is -0.457 e. The summed E-state index contributed by atoms with van der Waals surface area (Å²) in [5.41, 5.74) is 2.27. The van der Waals surface area contributed by atoms with Crippen molar-refractivity contribution in [3.05, 3.63) is 123 Å². The van der Waals surface area contributed by atoms with Crippen LogP contribution in [0.2, 0.25) is 0 Å². The van der Waals surface area contributed by atoms with Crippen LogP contribution >= 0.6 is 0 Å². The summed E-state index contributed by atoms with van der Waals surface area (Å²) in [4.78, 5) is 50.0. The van der Waals surface area contributed by atoms with Gasteiger partial charge in [0, 0.05) is 23.4 Å². The Morgan fingerprint density at radius 2 is 1.41 bits per heavy atom. The molecule has 3 amide bonds. The second kappa shape index (κ2) is 9.38. The number of non-ortho nitro benzene ring substituents is 1. The largest absolute Gasteiger partial charge is 0.457 e. The first-order chi connectivity index (χ1) is 17.8. The van der Waals surface area contributed by atoms with Gasteiger partial charge in [-0.3, -0.25) is 24.5 Å². The summed E-state index contributed by atoms with van der Waals surface area (Å²) in [5.74, 6) is -0.269. The molecule has 1 aliphatic heterocycles. The van der Waals surface area contributed by atoms with E-state index in [1.807, 2.05) is 31.2 Å². The van der Waals surface area contributed by atoms with Crippen LogP contribution in [0, 0.1) is 17.0 Å². The van der Waals surface area contributed by atoms with Crippen LogP contribution in [0.1, 0.15) is 36.6 Å². The van der Waals surface area contributed by atoms with Crippen molar-refractivity contribution in [2.45, 2.75) is 6.92 Å². The molecule has 0 aromatic heterocycles. The SMILES string of the molecule is Cc1ccc(Oc2ccc(N3C(=O)c4ccc(NC(=O)c5ccc([N+](=O)[O-])cc5)cc4C3=O)cc2)cc1. The van der Waals surface area contributed by atoms with Crippen LogP contribution in [0.15, 0.2) is 91.0 Å². The number of fused-ring (bicyclic) bond motifs is 1. The fraction of sp³-hybridized carbons (Fsp3) is 0.0357. The molecule has 0 atom stereocenters. The maximum absolute atomic E-state index is 13.1. The zero-order valence-electron chi connectivity index (χ0n) is 19.5. The van der Waals surface area contributed by atoms with E-state index in [1.165, 1.54) is 42.5 Å². The van der Waals surface area contributed by atoms with E-state index >= 15 is 0 Å². The van der Waals surface area contributed by atoms with E-state index in [-0.39, 0.29) is 22.4 Å². The summed E-state index contributed by atoms with van der Waals surface area (Å²) in [6.45, 7) is 1.98. The van der Waals surface area contributed by atoms with Crippen LogP contribution in [0.3, 0.4) is 0 Å². The molecule has 0 unspecified atom stereocenters. The first kappa shape index (κ1) is 23.4. The molecule has 9 heteroatoms. The lowest BCUT2D eigenvalue weighted by molar-refractivity contribution is -0.384. The zero-order valence-corrected chi connectivity index (χ0v) is 19.5. The Labute approximate surface area is 211 Å². The van der Waals surface area contributed by atoms with Crippen LogP contribution in [-0.2, 0) is 0 Å². The average molecular weight is 493 g/mol. The molecule has 9 nitrogen and oxygen atoms in total. The monoisotopic (exact) mass is 493 g/mol. The molecule has 37 heavy (non-hydrogen) atoms. The Hall–Kier alpha value is -5.31. The highest BCUT2D eigenvalue weighted by molar-refractivity contribution is 6.34. The molecule has 0 saturated heterocycles. The highest BCUT2D eigenvalue weighted by Gasteiger charge is 2.37. The van der Waals surface area contributed by atoms with Crippen molar-refractivity contribution in [3.8, 4) is 11.5 Å². The van der Waals surface area contributed by atoms with Gasteiger partial charge in [0.2, 0.25) is 0 Å². The number of benzene rings is 4. The first-order valence-electron chi connectivity index (χ1n) is 11.2. The molecule has 0 saturated carbocycles. The number of carbonyl (C=O) groups excluding carboxylic acids is 3. The molecule has 1 heterocycles. The van der Waals surface area contributed by atoms with Crippen LogP contribution in [0.4, 0.5) is 17.1 Å². The van der Waals surface area contributed by atoms with E-state index in [0.29, 0.717) is 22.9 Å². The average Bonchev–Trinajstić information content (AvgIpc) is 3.15. The molecule has 1 aliphatic rings. The quantitative estimate of drug-likeness (QED) is 0.208. The molecule has 0 fully saturated rings. The topological polar surface area (TPSA) is 119 Å². The van der Waals surface area contributed by atoms with Gasteiger partial charge in [-0.25, -0.2) is 4.90 Å². The molecule has 4 aromatic carbocycles. The van der Waals surface area contributed by atoms with E-state index in [9.17, 15) is 24.5 Å². The van der Waals surface area contributed by atoms with Gasteiger partial charge in [0.25, 0.3) is 23.4 Å². The molecule has 1 N–H and O–H groups in total. The third-order valence-corrected chi connectivity index (χ3v) is 5.84. The number of anilines is 2. The van der Waals surface area contributed by atoms with Crippen molar-refractivity contribution in [1.29, 1.82) is 0 Å². The summed E-state index contributed by atoms with van der Waals surface area (Å²) in [5, 5.41) is 13.5. The van der Waals surface area contributed by atoms with Gasteiger partial charge < -0.3 is 10.1 Å². The van der Waals surface area contributed by atoms with E-state index in [2.05, 4.69) is 5.32 Å². The molecule has 0 spiro atoms. The Morgan fingerprint density at radius 1 is 0.811 bits per heavy atom. The van der Waals surface area contributed by atoms with E-state index < -0.39 is 22.6 Å². The Kier molecular flexibility index (Phi) is 5.94. The molecule has 4 aromatic rings. The van der Waals surface area contributed by atoms with Crippen molar-refractivity contribution in [2.75, 3.05) is 10.2 Å². The predicted molar refractivity (Wildman–Crippen MR) is 136 cm³/mol. The number of nitro groups is 1. The lowest BCUT2D eigenvalue weighted by atomic mass is 10.1. The lowest BCUT2D eigenvalue weighted by Crippen LogP contribution is -2.29. The standard InChI is InChI=1S/C28H19N3O6/c1-17-2-11-22(12-3-17)37-23-13-9-20(10-14-23)30-27(33)24-15-6-19(16-25(24)28(30)34)29-26(32)18-4-7-21(8-5-18)31(35)36/h2-16H,1H3,(H,29,32). The predicted octanol–water partition coefficient (Wildman–Crippen LogP) is 5.75. The number of hydrogen-bond donors (Lipinski definition) is 1. The number of carbonyl (C=O) groups is 3. The molecule has 0 radical (unpaired) electrons. The zero-order chi connectivity index (χ0) is 26.1. The third-order valence-electron chi connectivity index (χ3n) is 5.84. The van der Waals surface area contributed by atoms with Gasteiger partial charge in [-0.2, -0.15) is 0 Å². The number of nitrogens with zero attached hydrogens (tertiary/aromatic N) is 2. The Bertz CT molecular complexity index is 1540. The fourth-order valence-corrected chi connectivity index (χ4v) is 3.90. The number of ether oxygens (including phenoxy) is 1. The molecule has 5 rings (SSSR count). The van der Waals surface area contributed by atoms with Crippen molar-refractivity contribution in [1.82, 2.24) is 0 Å². The number of rotatable bonds is 6. The van der Waals surface area contributed by atoms with Gasteiger partial charge in [-0.15, -0.1) is 0 Å². The summed E-state index contributed by atoms with van der Waals surface area (Å²) < 4.78 is 5.81. The summed E-state index contributed by atoms with van der Waals surface area (Å²) in [6, 6.07) is 23.8. The van der Waals surface area contributed by atoms with Crippen molar-refractivity contribution >= 4 is 34.8 Å². The number of amides is 3. The van der Waals surface area contributed by atoms with E-state index in [4.69, 9.17) is 4.74 Å². The Balaban J connectivity index is 1.31. The number of nitrogens with one attached hydrogen (secondary N) is 1. The fourth-order valence-electron chi connectivity index (χ4n) is 3.90. The number of aryl methyl sites for hydroxylation is 1. The van der Waals surface area contributed by atoms with Gasteiger partial charge >= 0.3 is 0 Å². The smallest absolute Gasteiger partial charge is 0.269 e. The number of imide groups is 1. The van der Waals surface area contributed by atoms with Gasteiger partial charge in [0.15, 0.2) is 0 Å². The van der Waals surface area contributed by atoms with E-state index in [0.717, 1.165) is 10.5 Å². The molecule has 0 bridgehead atoms. The number of hydrogen-bond acceptors (Lipinski definition) is 6. The highest BCUT2D eigenvalue weighted by atomic mass is 16.6. The first-order valence-corrected chi connectivity index (χ1v) is 11.2. The van der Waals surface area contributed by atoms with Crippen molar-refractivity contribution < 1.29 is 24.0 Å². The second-order valence-electron chi connectivity index (χ2n) is 8.37. The highest BCUT2D eigenvalue weighted by Crippen LogP contribution is 2.32. The maximum atomic E-state index is 13.1. The summed E-state index contributed by atoms with van der Waals surface area (Å²) in [6.07, 6.45) is 0. The lowest BCUT2D eigenvalue weighted by Gasteiger charge is -2.14. The van der Waals surface area contributed by atoms with Crippen molar-refractivity contribution in [2.24, 2.45) is 0 Å². The third kappa shape index (κ3) is 4.65. The normalized spacial score (nSPS) is 12.3. The Morgan fingerprint density at radius 3 is 2.03 bits per heavy atom. The molecule has 0 aliphatic carbocycles. The molecular weight excluding hydrogens is 474 g/mol. The molecular formula is C28H19N3O6. The summed E-state index contributed by atoms with van der Waals surface area (Å²) >= 11 is 0. The van der Waals surface area contributed by atoms with Gasteiger partial charge in [-0.1, -0.05) is 17.7 Å². The van der Waals surface area contributed by atoms with Crippen LogP contribution in [0.25, 0.3) is 0 Å². The minimum atomic E-state index is -0.554. The molecule has 182 valence electrons. The van der Waals surface area contributed by atoms with E-state index in [1.54, 1.807) is 24.3 Å². The number of nitro benzene ring substituents is 1. The van der Waals surface area contributed by atoms with Gasteiger partial charge in [-0.05, 0) is 73.7 Å². The van der Waals surface area contributed by atoms with Gasteiger partial charge in [0.1, 0.15) is 11.5 Å². The van der Waals surface area contributed by atoms with Crippen LogP contribution in [0.5, 0.6) is 11.5 Å². The van der Waals surface area contributed by atoms with Gasteiger partial charge in [0.05, 0.1) is 21.7 Å². The van der Waals surface area contributed by atoms with Crippen molar-refractivity contribution in [3.63, 3.8) is 0 Å². The minimum absolute atomic E-state index is 0.131. The van der Waals surface area contributed by atoms with Crippen LogP contribution in [-0.4, -0.2) is 22.6 Å². The maximum Gasteiger partial charge on any atom is 0.269 e. The van der Waals surface area contributed by atoms with Crippen LogP contribution < -0.4 is 15.0 Å². The second-order valence-corrected chi connectivity index (χ2v) is 8.37. The summed E-state index contributed by atoms with van der Waals surface area (Å²) in [7, 11) is 0.